The van der Waals surface area contributed by atoms with E-state index in [0.29, 0.717) is 12.8 Å². The molecule has 0 aromatic heterocycles. The van der Waals surface area contributed by atoms with Gasteiger partial charge in [0, 0.05) is 12.5 Å². The van der Waals surface area contributed by atoms with Crippen molar-refractivity contribution in [3.8, 4) is 0 Å². The second kappa shape index (κ2) is 5.46. The first-order chi connectivity index (χ1) is 5.13. The minimum atomic E-state index is -1.000. The predicted octanol–water partition coefficient (Wildman–Crippen LogP) is 0.882. The van der Waals surface area contributed by atoms with Crippen molar-refractivity contribution in [3.63, 3.8) is 0 Å². The summed E-state index contributed by atoms with van der Waals surface area (Å²) in [6, 6.07) is 0. The van der Waals surface area contributed by atoms with Crippen LogP contribution in [0, 0.1) is 0 Å². The van der Waals surface area contributed by atoms with Crippen LogP contribution in [-0.2, 0) is 9.59 Å². The molecule has 0 spiro atoms. The lowest BCUT2D eigenvalue weighted by atomic mass is 10.2. The number of hydrogen-bond donors (Lipinski definition) is 2. The van der Waals surface area contributed by atoms with Crippen LogP contribution >= 0.6 is 0 Å². The quantitative estimate of drug-likeness (QED) is 0.460. The molecule has 0 bridgehead atoms. The molecule has 0 atom stereocenters. The fourth-order valence-electron chi connectivity index (χ4n) is 0.555. The molecule has 0 rings (SSSR count). The minimum absolute atomic E-state index is 0.0873. The summed E-state index contributed by atoms with van der Waals surface area (Å²) in [5.74, 6) is -1.85. The first-order valence-electron chi connectivity index (χ1n) is 3.24. The topological polar surface area (TPSA) is 74.6 Å². The highest BCUT2D eigenvalue weighted by molar-refractivity contribution is 5.79. The van der Waals surface area contributed by atoms with Crippen molar-refractivity contribution < 1.29 is 19.8 Å². The van der Waals surface area contributed by atoms with E-state index < -0.39 is 11.9 Å². The van der Waals surface area contributed by atoms with E-state index in [0.717, 1.165) is 6.08 Å². The van der Waals surface area contributed by atoms with E-state index in [-0.39, 0.29) is 6.42 Å². The molecule has 0 aliphatic heterocycles. The highest BCUT2D eigenvalue weighted by Crippen LogP contribution is 1.95. The van der Waals surface area contributed by atoms with Crippen molar-refractivity contribution in [2.24, 2.45) is 0 Å². The lowest BCUT2D eigenvalue weighted by molar-refractivity contribution is -0.137. The summed E-state index contributed by atoms with van der Waals surface area (Å²) in [5, 5.41) is 16.3. The van der Waals surface area contributed by atoms with Gasteiger partial charge in [0.2, 0.25) is 0 Å². The Bertz CT molecular complexity index is 171. The van der Waals surface area contributed by atoms with Crippen molar-refractivity contribution in [1.82, 2.24) is 0 Å². The highest BCUT2D eigenvalue weighted by Gasteiger charge is 1.93. The minimum Gasteiger partial charge on any atom is -0.481 e. The van der Waals surface area contributed by atoms with Gasteiger partial charge in [-0.2, -0.15) is 0 Å². The van der Waals surface area contributed by atoms with Crippen LogP contribution in [-0.4, -0.2) is 22.2 Å². The number of rotatable bonds is 5. The van der Waals surface area contributed by atoms with E-state index in [1.807, 2.05) is 0 Å². The van der Waals surface area contributed by atoms with Crippen molar-refractivity contribution in [3.05, 3.63) is 12.2 Å². The molecule has 0 aliphatic rings. The Hall–Kier alpha value is -1.32. The first kappa shape index (κ1) is 9.68. The molecule has 4 nitrogen and oxygen atoms in total. The van der Waals surface area contributed by atoms with Gasteiger partial charge >= 0.3 is 11.9 Å². The van der Waals surface area contributed by atoms with Gasteiger partial charge in [-0.05, 0) is 12.8 Å². The third-order valence-electron chi connectivity index (χ3n) is 1.02. The lowest BCUT2D eigenvalue weighted by Crippen LogP contribution is -1.93. The number of carboxylic acids is 2. The van der Waals surface area contributed by atoms with Gasteiger partial charge in [0.1, 0.15) is 0 Å². The molecule has 0 heterocycles. The van der Waals surface area contributed by atoms with Crippen LogP contribution in [0.1, 0.15) is 19.3 Å². The van der Waals surface area contributed by atoms with Crippen LogP contribution in [0.5, 0.6) is 0 Å². The zero-order chi connectivity index (χ0) is 8.69. The van der Waals surface area contributed by atoms with Gasteiger partial charge in [-0.15, -0.1) is 0 Å². The standard InChI is InChI=1S/C7H10O4/c8-6(9)4-2-1-3-5-7(10)11/h2,4H,1,3,5H2,(H,8,9)(H,10,11)/b4-2+. The summed E-state index contributed by atoms with van der Waals surface area (Å²) in [5.41, 5.74) is 0. The highest BCUT2D eigenvalue weighted by atomic mass is 16.4. The van der Waals surface area contributed by atoms with Crippen molar-refractivity contribution in [1.29, 1.82) is 0 Å². The summed E-state index contributed by atoms with van der Waals surface area (Å²) in [6.07, 6.45) is 3.54. The summed E-state index contributed by atoms with van der Waals surface area (Å²) in [6.45, 7) is 0. The van der Waals surface area contributed by atoms with E-state index in [1.165, 1.54) is 6.08 Å². The summed E-state index contributed by atoms with van der Waals surface area (Å²) >= 11 is 0. The van der Waals surface area contributed by atoms with Gasteiger partial charge in [-0.25, -0.2) is 4.79 Å². The Balaban J connectivity index is 3.27. The van der Waals surface area contributed by atoms with Crippen LogP contribution < -0.4 is 0 Å². The Kier molecular flexibility index (Phi) is 4.81. The Morgan fingerprint density at radius 2 is 1.91 bits per heavy atom. The zero-order valence-electron chi connectivity index (χ0n) is 5.99. The van der Waals surface area contributed by atoms with E-state index in [4.69, 9.17) is 10.2 Å². The first-order valence-corrected chi connectivity index (χ1v) is 3.24. The SMILES string of the molecule is O=C(O)/C=C/CCCC(=O)O. The van der Waals surface area contributed by atoms with Gasteiger partial charge in [0.25, 0.3) is 0 Å². The van der Waals surface area contributed by atoms with Gasteiger partial charge in [-0.1, -0.05) is 6.08 Å². The van der Waals surface area contributed by atoms with Crippen LogP contribution in [0.4, 0.5) is 0 Å². The maximum Gasteiger partial charge on any atom is 0.327 e. The second-order valence-electron chi connectivity index (χ2n) is 2.03. The van der Waals surface area contributed by atoms with Gasteiger partial charge < -0.3 is 10.2 Å². The van der Waals surface area contributed by atoms with Crippen molar-refractivity contribution >= 4 is 11.9 Å². The number of aliphatic carboxylic acids is 2. The number of unbranched alkanes of at least 4 members (excludes halogenated alkanes) is 1. The molecule has 11 heavy (non-hydrogen) atoms. The molecule has 0 aromatic carbocycles. The molecule has 0 fully saturated rings. The molecule has 0 unspecified atom stereocenters. The number of hydrogen-bond acceptors (Lipinski definition) is 2. The zero-order valence-corrected chi connectivity index (χ0v) is 5.99. The lowest BCUT2D eigenvalue weighted by Gasteiger charge is -1.88. The molecule has 0 aromatic rings. The van der Waals surface area contributed by atoms with Crippen molar-refractivity contribution in [2.75, 3.05) is 0 Å². The maximum atomic E-state index is 9.96. The predicted molar refractivity (Wildman–Crippen MR) is 38.3 cm³/mol. The molecule has 2 N–H and O–H groups in total. The van der Waals surface area contributed by atoms with E-state index in [2.05, 4.69) is 0 Å². The van der Waals surface area contributed by atoms with E-state index in [1.54, 1.807) is 0 Å². The molecule has 62 valence electrons. The Labute approximate surface area is 64.2 Å². The summed E-state index contributed by atoms with van der Waals surface area (Å²) in [7, 11) is 0. The molecular weight excluding hydrogens is 148 g/mol. The average Bonchev–Trinajstić information content (AvgIpc) is 1.85. The molecular formula is C7H10O4. The fourth-order valence-corrected chi connectivity index (χ4v) is 0.555. The molecule has 0 amide bonds. The van der Waals surface area contributed by atoms with Gasteiger partial charge in [0.15, 0.2) is 0 Å². The smallest absolute Gasteiger partial charge is 0.327 e. The average molecular weight is 158 g/mol. The van der Waals surface area contributed by atoms with E-state index >= 15 is 0 Å². The third kappa shape index (κ3) is 8.68. The van der Waals surface area contributed by atoms with Gasteiger partial charge in [0.05, 0.1) is 0 Å². The monoisotopic (exact) mass is 158 g/mol. The molecule has 0 saturated heterocycles. The number of carboxylic acid groups (broad SMARTS) is 2. The fraction of sp³-hybridized carbons (Fsp3) is 0.429. The van der Waals surface area contributed by atoms with Crippen LogP contribution in [0.2, 0.25) is 0 Å². The van der Waals surface area contributed by atoms with Crippen LogP contribution in [0.15, 0.2) is 12.2 Å². The molecule has 0 radical (unpaired) electrons. The third-order valence-corrected chi connectivity index (χ3v) is 1.02. The summed E-state index contributed by atoms with van der Waals surface area (Å²) in [4.78, 5) is 19.8. The molecule has 4 heteroatoms. The maximum absolute atomic E-state index is 9.96. The molecule has 0 saturated carbocycles. The summed E-state index contributed by atoms with van der Waals surface area (Å²) < 4.78 is 0. The Morgan fingerprint density at radius 3 is 2.36 bits per heavy atom. The largest absolute Gasteiger partial charge is 0.481 e. The normalized spacial score (nSPS) is 10.2. The van der Waals surface area contributed by atoms with Crippen LogP contribution in [0.3, 0.4) is 0 Å². The second-order valence-corrected chi connectivity index (χ2v) is 2.03. The molecule has 0 aliphatic carbocycles. The van der Waals surface area contributed by atoms with Crippen LogP contribution in [0.25, 0.3) is 0 Å². The van der Waals surface area contributed by atoms with E-state index in [9.17, 15) is 9.59 Å². The van der Waals surface area contributed by atoms with Crippen molar-refractivity contribution in [2.45, 2.75) is 19.3 Å². The number of allylic oxidation sites excluding steroid dienone is 1. The van der Waals surface area contributed by atoms with Gasteiger partial charge in [-0.3, -0.25) is 4.79 Å². The Morgan fingerprint density at radius 1 is 1.27 bits per heavy atom. The number of carbonyl (C=O) groups is 2.